The fourth-order valence-corrected chi connectivity index (χ4v) is 4.18. The molecule has 0 aliphatic heterocycles. The lowest BCUT2D eigenvalue weighted by Gasteiger charge is -2.40. The summed E-state index contributed by atoms with van der Waals surface area (Å²) in [5.41, 5.74) is 0.237. The van der Waals surface area contributed by atoms with Gasteiger partial charge < -0.3 is 5.11 Å². The van der Waals surface area contributed by atoms with Crippen LogP contribution in [0, 0.1) is 17.3 Å². The van der Waals surface area contributed by atoms with Gasteiger partial charge >= 0.3 is 0 Å². The minimum absolute atomic E-state index is 0.130. The van der Waals surface area contributed by atoms with Gasteiger partial charge in [-0.05, 0) is 63.7 Å². The molecular formula is C16H32O3S. The molecule has 0 bridgehead atoms. The van der Waals surface area contributed by atoms with E-state index >= 15 is 0 Å². The van der Waals surface area contributed by atoms with E-state index in [9.17, 15) is 13.5 Å². The molecule has 20 heavy (non-hydrogen) atoms. The standard InChI is InChI=1S/C16H32O3S/c1-15(2,3)13-7-8-14(17)12(11-13)9-10-20(18,19)16(4,5)6/h12-14,17H,7-11H2,1-6H3. The summed E-state index contributed by atoms with van der Waals surface area (Å²) < 4.78 is 23.7. The lowest BCUT2D eigenvalue weighted by Crippen LogP contribution is -2.37. The molecular weight excluding hydrogens is 272 g/mol. The van der Waals surface area contributed by atoms with E-state index in [1.165, 1.54) is 0 Å². The zero-order valence-corrected chi connectivity index (χ0v) is 14.8. The third-order valence-corrected chi connectivity index (χ3v) is 7.50. The molecule has 0 radical (unpaired) electrons. The summed E-state index contributed by atoms with van der Waals surface area (Å²) in [6.45, 7) is 11.9. The molecule has 3 unspecified atom stereocenters. The predicted octanol–water partition coefficient (Wildman–Crippen LogP) is 3.41. The SMILES string of the molecule is CC(C)(C)C1CCC(O)C(CCS(=O)(=O)C(C)(C)C)C1. The summed E-state index contributed by atoms with van der Waals surface area (Å²) in [6, 6.07) is 0. The third-order valence-electron chi connectivity index (χ3n) is 4.86. The fourth-order valence-electron chi connectivity index (χ4n) is 2.96. The summed E-state index contributed by atoms with van der Waals surface area (Å²) in [5.74, 6) is 0.896. The largest absolute Gasteiger partial charge is 0.393 e. The van der Waals surface area contributed by atoms with Crippen LogP contribution in [0.5, 0.6) is 0 Å². The van der Waals surface area contributed by atoms with Crippen molar-refractivity contribution in [2.45, 2.75) is 78.1 Å². The molecule has 0 aromatic carbocycles. The van der Waals surface area contributed by atoms with Gasteiger partial charge in [0.15, 0.2) is 9.84 Å². The summed E-state index contributed by atoms with van der Waals surface area (Å²) in [6.07, 6.45) is 3.07. The van der Waals surface area contributed by atoms with Gasteiger partial charge in [0, 0.05) is 0 Å². The average molecular weight is 304 g/mol. The molecule has 1 saturated carbocycles. The van der Waals surface area contributed by atoms with Crippen molar-refractivity contribution in [3.05, 3.63) is 0 Å². The Balaban J connectivity index is 2.67. The van der Waals surface area contributed by atoms with Gasteiger partial charge in [0.25, 0.3) is 0 Å². The normalized spacial score (nSPS) is 29.4. The van der Waals surface area contributed by atoms with Crippen LogP contribution in [0.2, 0.25) is 0 Å². The maximum Gasteiger partial charge on any atom is 0.155 e. The van der Waals surface area contributed by atoms with E-state index in [2.05, 4.69) is 20.8 Å². The first kappa shape index (κ1) is 18.0. The van der Waals surface area contributed by atoms with Crippen molar-refractivity contribution in [1.82, 2.24) is 0 Å². The Morgan fingerprint density at radius 3 is 2.05 bits per heavy atom. The van der Waals surface area contributed by atoms with E-state index in [0.29, 0.717) is 12.3 Å². The Kier molecular flexibility index (Phi) is 5.35. The Morgan fingerprint density at radius 2 is 1.60 bits per heavy atom. The van der Waals surface area contributed by atoms with E-state index in [0.717, 1.165) is 19.3 Å². The van der Waals surface area contributed by atoms with Crippen LogP contribution in [0.25, 0.3) is 0 Å². The fraction of sp³-hybridized carbons (Fsp3) is 1.00. The highest BCUT2D eigenvalue weighted by molar-refractivity contribution is 7.92. The van der Waals surface area contributed by atoms with Crippen LogP contribution >= 0.6 is 0 Å². The van der Waals surface area contributed by atoms with Gasteiger partial charge in [0.2, 0.25) is 0 Å². The highest BCUT2D eigenvalue weighted by atomic mass is 32.2. The predicted molar refractivity (Wildman–Crippen MR) is 84.4 cm³/mol. The minimum Gasteiger partial charge on any atom is -0.393 e. The molecule has 0 spiro atoms. The van der Waals surface area contributed by atoms with Crippen molar-refractivity contribution in [2.75, 3.05) is 5.75 Å². The molecule has 0 amide bonds. The average Bonchev–Trinajstić information content (AvgIpc) is 2.24. The van der Waals surface area contributed by atoms with Crippen molar-refractivity contribution in [3.8, 4) is 0 Å². The van der Waals surface area contributed by atoms with Gasteiger partial charge in [0.1, 0.15) is 0 Å². The van der Waals surface area contributed by atoms with Crippen LogP contribution in [-0.2, 0) is 9.84 Å². The summed E-state index contributed by atoms with van der Waals surface area (Å²) in [5, 5.41) is 10.2. The van der Waals surface area contributed by atoms with Gasteiger partial charge in [-0.2, -0.15) is 0 Å². The van der Waals surface area contributed by atoms with E-state index in [1.807, 2.05) is 0 Å². The van der Waals surface area contributed by atoms with Crippen LogP contribution in [0.15, 0.2) is 0 Å². The quantitative estimate of drug-likeness (QED) is 0.869. The Labute approximate surface area is 125 Å². The molecule has 0 heterocycles. The Hall–Kier alpha value is -0.0900. The third kappa shape index (κ3) is 4.45. The van der Waals surface area contributed by atoms with Crippen molar-refractivity contribution < 1.29 is 13.5 Å². The van der Waals surface area contributed by atoms with Crippen LogP contribution < -0.4 is 0 Å². The zero-order chi connectivity index (χ0) is 15.8. The number of rotatable bonds is 3. The van der Waals surface area contributed by atoms with Crippen LogP contribution in [0.3, 0.4) is 0 Å². The van der Waals surface area contributed by atoms with Gasteiger partial charge in [-0.25, -0.2) is 8.42 Å². The lowest BCUT2D eigenvalue weighted by molar-refractivity contribution is 0.0182. The lowest BCUT2D eigenvalue weighted by atomic mass is 9.67. The topological polar surface area (TPSA) is 54.4 Å². The van der Waals surface area contributed by atoms with Crippen molar-refractivity contribution in [1.29, 1.82) is 0 Å². The van der Waals surface area contributed by atoms with Gasteiger partial charge in [0.05, 0.1) is 16.6 Å². The smallest absolute Gasteiger partial charge is 0.155 e. The molecule has 1 fully saturated rings. The van der Waals surface area contributed by atoms with Gasteiger partial charge in [-0.15, -0.1) is 0 Å². The first-order chi connectivity index (χ1) is 8.84. The first-order valence-corrected chi connectivity index (χ1v) is 9.40. The number of aliphatic hydroxyl groups is 1. The van der Waals surface area contributed by atoms with E-state index in [4.69, 9.17) is 0 Å². The Bertz CT molecular complexity index is 412. The minimum atomic E-state index is -3.08. The summed E-state index contributed by atoms with van der Waals surface area (Å²) in [4.78, 5) is 0. The second-order valence-corrected chi connectivity index (χ2v) is 11.3. The molecule has 3 atom stereocenters. The first-order valence-electron chi connectivity index (χ1n) is 7.75. The number of hydrogen-bond acceptors (Lipinski definition) is 3. The summed E-state index contributed by atoms with van der Waals surface area (Å²) in [7, 11) is -3.08. The molecule has 120 valence electrons. The molecule has 1 rings (SSSR count). The highest BCUT2D eigenvalue weighted by Crippen LogP contribution is 2.41. The Morgan fingerprint density at radius 1 is 1.05 bits per heavy atom. The van der Waals surface area contributed by atoms with Crippen LogP contribution in [0.4, 0.5) is 0 Å². The maximum atomic E-state index is 12.2. The van der Waals surface area contributed by atoms with Crippen LogP contribution in [0.1, 0.15) is 67.2 Å². The van der Waals surface area contributed by atoms with Crippen molar-refractivity contribution in [2.24, 2.45) is 17.3 Å². The van der Waals surface area contributed by atoms with E-state index in [-0.39, 0.29) is 23.2 Å². The number of aliphatic hydroxyl groups excluding tert-OH is 1. The van der Waals surface area contributed by atoms with Crippen molar-refractivity contribution >= 4 is 9.84 Å². The van der Waals surface area contributed by atoms with E-state index < -0.39 is 14.6 Å². The van der Waals surface area contributed by atoms with Crippen LogP contribution in [-0.4, -0.2) is 30.1 Å². The highest BCUT2D eigenvalue weighted by Gasteiger charge is 2.37. The van der Waals surface area contributed by atoms with Gasteiger partial charge in [-0.3, -0.25) is 0 Å². The molecule has 4 heteroatoms. The monoisotopic (exact) mass is 304 g/mol. The zero-order valence-electron chi connectivity index (χ0n) is 13.9. The number of sulfone groups is 1. The molecule has 1 N–H and O–H groups in total. The summed E-state index contributed by atoms with van der Waals surface area (Å²) >= 11 is 0. The second kappa shape index (κ2) is 5.96. The van der Waals surface area contributed by atoms with E-state index in [1.54, 1.807) is 20.8 Å². The molecule has 1 aliphatic rings. The molecule has 0 aromatic heterocycles. The second-order valence-electron chi connectivity index (χ2n) is 8.42. The van der Waals surface area contributed by atoms with Crippen molar-refractivity contribution in [3.63, 3.8) is 0 Å². The molecule has 3 nitrogen and oxygen atoms in total. The molecule has 1 aliphatic carbocycles. The maximum absolute atomic E-state index is 12.2. The molecule has 0 saturated heterocycles. The molecule has 0 aromatic rings. The van der Waals surface area contributed by atoms with Gasteiger partial charge in [-0.1, -0.05) is 20.8 Å². The number of hydrogen-bond donors (Lipinski definition) is 1.